The van der Waals surface area contributed by atoms with Crippen LogP contribution >= 0.6 is 0 Å². The average Bonchev–Trinajstić information content (AvgIpc) is 2.79. The summed E-state index contributed by atoms with van der Waals surface area (Å²) in [7, 11) is 0. The summed E-state index contributed by atoms with van der Waals surface area (Å²) in [6, 6.07) is 25.4. The summed E-state index contributed by atoms with van der Waals surface area (Å²) in [6.45, 7) is 17.3. The SMILES string of the molecule is CC(C)(C)N(CCN(Cc1ccc2ccccc2n1)C(C)(C)C)Cc1ccc2ccccc2n1. The normalized spacial score (nSPS) is 12.8. The van der Waals surface area contributed by atoms with Crippen molar-refractivity contribution in [3.63, 3.8) is 0 Å². The first-order valence-corrected chi connectivity index (χ1v) is 12.3. The van der Waals surface area contributed by atoms with E-state index in [0.717, 1.165) is 48.6 Å². The van der Waals surface area contributed by atoms with Crippen LogP contribution in [0.5, 0.6) is 0 Å². The van der Waals surface area contributed by atoms with Gasteiger partial charge in [-0.1, -0.05) is 48.5 Å². The Morgan fingerprint density at radius 2 is 0.912 bits per heavy atom. The van der Waals surface area contributed by atoms with Crippen molar-refractivity contribution in [2.45, 2.75) is 65.7 Å². The van der Waals surface area contributed by atoms with Crippen LogP contribution in [0.2, 0.25) is 0 Å². The molecule has 0 unspecified atom stereocenters. The maximum absolute atomic E-state index is 4.94. The Balaban J connectivity index is 1.50. The van der Waals surface area contributed by atoms with Crippen LogP contribution in [0.25, 0.3) is 21.8 Å². The van der Waals surface area contributed by atoms with Crippen molar-refractivity contribution in [2.24, 2.45) is 0 Å². The molecule has 0 aliphatic heterocycles. The fourth-order valence-corrected chi connectivity index (χ4v) is 4.33. The largest absolute Gasteiger partial charge is 0.291 e. The fraction of sp³-hybridized carbons (Fsp3) is 0.400. The maximum Gasteiger partial charge on any atom is 0.0705 e. The molecule has 0 saturated heterocycles. The predicted molar refractivity (Wildman–Crippen MR) is 144 cm³/mol. The van der Waals surface area contributed by atoms with Crippen molar-refractivity contribution in [1.29, 1.82) is 0 Å². The second kappa shape index (κ2) is 9.81. The second-order valence-electron chi connectivity index (χ2n) is 11.2. The number of fused-ring (bicyclic) bond motifs is 2. The molecule has 0 N–H and O–H groups in total. The first kappa shape index (κ1) is 24.3. The van der Waals surface area contributed by atoms with E-state index in [1.165, 1.54) is 10.8 Å². The molecule has 34 heavy (non-hydrogen) atoms. The molecule has 2 heterocycles. The molecule has 4 aromatic rings. The lowest BCUT2D eigenvalue weighted by atomic mass is 10.0. The van der Waals surface area contributed by atoms with Gasteiger partial charge in [0.15, 0.2) is 0 Å². The van der Waals surface area contributed by atoms with Gasteiger partial charge < -0.3 is 0 Å². The standard InChI is InChI=1S/C30H38N4/c1-29(2,3)33(21-25-17-15-23-11-7-9-13-27(23)31-25)19-20-34(30(4,5)6)22-26-18-16-24-12-8-10-14-28(24)32-26/h7-18H,19-22H2,1-6H3. The summed E-state index contributed by atoms with van der Waals surface area (Å²) in [5.74, 6) is 0. The number of aromatic nitrogens is 2. The minimum absolute atomic E-state index is 0.0398. The monoisotopic (exact) mass is 454 g/mol. The zero-order valence-electron chi connectivity index (χ0n) is 21.5. The number of hydrogen-bond acceptors (Lipinski definition) is 4. The van der Waals surface area contributed by atoms with E-state index in [2.05, 4.69) is 124 Å². The topological polar surface area (TPSA) is 32.3 Å². The van der Waals surface area contributed by atoms with E-state index >= 15 is 0 Å². The van der Waals surface area contributed by atoms with Crippen molar-refractivity contribution in [2.75, 3.05) is 13.1 Å². The highest BCUT2D eigenvalue weighted by Crippen LogP contribution is 2.22. The van der Waals surface area contributed by atoms with Crippen molar-refractivity contribution in [3.05, 3.63) is 84.2 Å². The van der Waals surface area contributed by atoms with Gasteiger partial charge in [-0.05, 0) is 65.8 Å². The summed E-state index contributed by atoms with van der Waals surface area (Å²) in [6.07, 6.45) is 0. The van der Waals surface area contributed by atoms with Gasteiger partial charge in [0.25, 0.3) is 0 Å². The molecule has 0 aliphatic carbocycles. The van der Waals surface area contributed by atoms with Gasteiger partial charge in [-0.2, -0.15) is 0 Å². The molecule has 0 bridgehead atoms. The van der Waals surface area contributed by atoms with E-state index in [1.54, 1.807) is 0 Å². The number of rotatable bonds is 7. The molecule has 4 rings (SSSR count). The minimum Gasteiger partial charge on any atom is -0.291 e. The van der Waals surface area contributed by atoms with Crippen LogP contribution in [0.1, 0.15) is 52.9 Å². The quantitative estimate of drug-likeness (QED) is 0.312. The highest BCUT2D eigenvalue weighted by atomic mass is 15.3. The van der Waals surface area contributed by atoms with Crippen LogP contribution < -0.4 is 0 Å². The van der Waals surface area contributed by atoms with E-state index in [4.69, 9.17) is 9.97 Å². The van der Waals surface area contributed by atoms with Gasteiger partial charge in [0.2, 0.25) is 0 Å². The van der Waals surface area contributed by atoms with Crippen LogP contribution in [0.3, 0.4) is 0 Å². The summed E-state index contributed by atoms with van der Waals surface area (Å²) < 4.78 is 0. The third kappa shape index (κ3) is 5.99. The van der Waals surface area contributed by atoms with Crippen LogP contribution in [0.4, 0.5) is 0 Å². The van der Waals surface area contributed by atoms with Gasteiger partial charge in [0.1, 0.15) is 0 Å². The van der Waals surface area contributed by atoms with Gasteiger partial charge in [-0.25, -0.2) is 0 Å². The Labute approximate surface area is 204 Å². The lowest BCUT2D eigenvalue weighted by molar-refractivity contribution is 0.0677. The molecule has 2 aromatic heterocycles. The van der Waals surface area contributed by atoms with Crippen LogP contribution in [-0.4, -0.2) is 43.9 Å². The molecule has 0 saturated carbocycles. The number of benzene rings is 2. The lowest BCUT2D eigenvalue weighted by Gasteiger charge is -2.40. The van der Waals surface area contributed by atoms with Gasteiger partial charge in [0.05, 0.1) is 22.4 Å². The molecule has 0 spiro atoms. The third-order valence-electron chi connectivity index (χ3n) is 6.56. The molecule has 178 valence electrons. The Hall–Kier alpha value is -2.82. The van der Waals surface area contributed by atoms with Crippen LogP contribution in [0, 0.1) is 0 Å². The van der Waals surface area contributed by atoms with E-state index in [-0.39, 0.29) is 11.1 Å². The molecule has 4 nitrogen and oxygen atoms in total. The number of nitrogens with zero attached hydrogens (tertiary/aromatic N) is 4. The maximum atomic E-state index is 4.94. The Kier molecular flexibility index (Phi) is 7.01. The van der Waals surface area contributed by atoms with Crippen molar-refractivity contribution in [3.8, 4) is 0 Å². The summed E-state index contributed by atoms with van der Waals surface area (Å²) in [4.78, 5) is 14.9. The molecule has 0 aliphatic rings. The lowest BCUT2D eigenvalue weighted by Crippen LogP contribution is -2.49. The fourth-order valence-electron chi connectivity index (χ4n) is 4.33. The van der Waals surface area contributed by atoms with E-state index < -0.39 is 0 Å². The minimum atomic E-state index is 0.0398. The van der Waals surface area contributed by atoms with Crippen molar-refractivity contribution >= 4 is 21.8 Å². The first-order chi connectivity index (χ1) is 16.1. The Morgan fingerprint density at radius 1 is 0.529 bits per heavy atom. The highest BCUT2D eigenvalue weighted by molar-refractivity contribution is 5.79. The van der Waals surface area contributed by atoms with Crippen molar-refractivity contribution < 1.29 is 0 Å². The van der Waals surface area contributed by atoms with Gasteiger partial charge in [0, 0.05) is 48.0 Å². The molecule has 2 aromatic carbocycles. The van der Waals surface area contributed by atoms with Crippen molar-refractivity contribution in [1.82, 2.24) is 19.8 Å². The van der Waals surface area contributed by atoms with E-state index in [9.17, 15) is 0 Å². The smallest absolute Gasteiger partial charge is 0.0705 e. The molecular weight excluding hydrogens is 416 g/mol. The molecular formula is C30H38N4. The summed E-state index contributed by atoms with van der Waals surface area (Å²) >= 11 is 0. The van der Waals surface area contributed by atoms with E-state index in [1.807, 2.05) is 0 Å². The number of pyridine rings is 2. The molecule has 4 heteroatoms. The molecule has 0 amide bonds. The van der Waals surface area contributed by atoms with E-state index in [0.29, 0.717) is 0 Å². The molecule has 0 radical (unpaired) electrons. The summed E-state index contributed by atoms with van der Waals surface area (Å²) in [5, 5.41) is 2.38. The number of para-hydroxylation sites is 2. The molecule has 0 fully saturated rings. The molecule has 0 atom stereocenters. The summed E-state index contributed by atoms with van der Waals surface area (Å²) in [5.41, 5.74) is 4.44. The zero-order chi connectivity index (χ0) is 24.3. The highest BCUT2D eigenvalue weighted by Gasteiger charge is 2.26. The average molecular weight is 455 g/mol. The predicted octanol–water partition coefficient (Wildman–Crippen LogP) is 6.68. The van der Waals surface area contributed by atoms with Gasteiger partial charge in [-0.3, -0.25) is 19.8 Å². The Bertz CT molecular complexity index is 1150. The van der Waals surface area contributed by atoms with Crippen LogP contribution in [-0.2, 0) is 13.1 Å². The first-order valence-electron chi connectivity index (χ1n) is 12.3. The Morgan fingerprint density at radius 3 is 1.29 bits per heavy atom. The van der Waals surface area contributed by atoms with Gasteiger partial charge >= 0.3 is 0 Å². The van der Waals surface area contributed by atoms with Gasteiger partial charge in [-0.15, -0.1) is 0 Å². The van der Waals surface area contributed by atoms with Crippen LogP contribution in [0.15, 0.2) is 72.8 Å². The second-order valence-corrected chi connectivity index (χ2v) is 11.2. The number of hydrogen-bond donors (Lipinski definition) is 0. The third-order valence-corrected chi connectivity index (χ3v) is 6.56. The zero-order valence-corrected chi connectivity index (χ0v) is 21.5.